The van der Waals surface area contributed by atoms with Gasteiger partial charge in [-0.3, -0.25) is 0 Å². The number of hydrogen-bond donors (Lipinski definition) is 2. The standard InChI is InChI=1S/C30H37N5O.C2H6/c1-6-9-28(36)25-13-8-12-24(20-25)26-21-27(29-31-16-19-35(29)33-26)32-22(2)10-7-11-23(3)34-17-14-30(4,5)15-18-34;1-2/h7-13,16,19-21,32,36H,3,6,14-15,17-18H2,1-2,4-5H3;1-2H3/b11-7-,22-10+,28-9+;. The average Bonchev–Trinajstić information content (AvgIpc) is 3.39. The quantitative estimate of drug-likeness (QED) is 0.234. The molecule has 0 atom stereocenters. The van der Waals surface area contributed by atoms with E-state index < -0.39 is 0 Å². The molecule has 0 spiro atoms. The molecular formula is C32H43N5O. The number of aromatic nitrogens is 3. The number of nitrogens with one attached hydrogen (secondary N) is 1. The van der Waals surface area contributed by atoms with Gasteiger partial charge < -0.3 is 15.3 Å². The molecular weight excluding hydrogens is 470 g/mol. The Kier molecular flexibility index (Phi) is 9.94. The summed E-state index contributed by atoms with van der Waals surface area (Å²) < 4.78 is 1.77. The first-order valence-electron chi connectivity index (χ1n) is 13.7. The minimum absolute atomic E-state index is 0.279. The Morgan fingerprint density at radius 1 is 1.18 bits per heavy atom. The van der Waals surface area contributed by atoms with Crippen molar-refractivity contribution in [1.82, 2.24) is 19.5 Å². The van der Waals surface area contributed by atoms with E-state index in [0.717, 1.165) is 59.1 Å². The highest BCUT2D eigenvalue weighted by Crippen LogP contribution is 2.31. The number of rotatable bonds is 8. The van der Waals surface area contributed by atoms with Gasteiger partial charge in [0.15, 0.2) is 5.65 Å². The van der Waals surface area contributed by atoms with Crippen LogP contribution in [-0.2, 0) is 0 Å². The number of benzene rings is 1. The number of aliphatic hydroxyl groups excluding tert-OH is 1. The lowest BCUT2D eigenvalue weighted by Gasteiger charge is -2.38. The maximum Gasteiger partial charge on any atom is 0.177 e. The van der Waals surface area contributed by atoms with Crippen molar-refractivity contribution in [3.8, 4) is 11.3 Å². The Labute approximate surface area is 228 Å². The molecule has 6 heteroatoms. The van der Waals surface area contributed by atoms with Crippen LogP contribution in [0.2, 0.25) is 0 Å². The summed E-state index contributed by atoms with van der Waals surface area (Å²) in [6, 6.07) is 9.78. The van der Waals surface area contributed by atoms with Gasteiger partial charge in [-0.1, -0.05) is 65.5 Å². The average molecular weight is 514 g/mol. The molecule has 1 fully saturated rings. The molecule has 0 radical (unpaired) electrons. The van der Waals surface area contributed by atoms with Crippen LogP contribution in [0, 0.1) is 5.41 Å². The Hall–Kier alpha value is -3.80. The minimum Gasteiger partial charge on any atom is -0.508 e. The van der Waals surface area contributed by atoms with Crippen molar-refractivity contribution < 1.29 is 5.11 Å². The van der Waals surface area contributed by atoms with Crippen LogP contribution in [0.25, 0.3) is 22.7 Å². The molecule has 1 saturated heterocycles. The lowest BCUT2D eigenvalue weighted by molar-refractivity contribution is 0.166. The highest BCUT2D eigenvalue weighted by atomic mass is 16.3. The summed E-state index contributed by atoms with van der Waals surface area (Å²) in [4.78, 5) is 6.85. The summed E-state index contributed by atoms with van der Waals surface area (Å²) in [5.74, 6) is 0.279. The normalized spacial score (nSPS) is 15.9. The van der Waals surface area contributed by atoms with Gasteiger partial charge in [0.1, 0.15) is 5.76 Å². The van der Waals surface area contributed by atoms with Gasteiger partial charge in [-0.15, -0.1) is 0 Å². The molecule has 0 bridgehead atoms. The third-order valence-electron chi connectivity index (χ3n) is 6.70. The predicted octanol–water partition coefficient (Wildman–Crippen LogP) is 8.24. The van der Waals surface area contributed by atoms with Crippen molar-refractivity contribution in [3.05, 3.63) is 90.6 Å². The van der Waals surface area contributed by atoms with Crippen LogP contribution < -0.4 is 5.32 Å². The van der Waals surface area contributed by atoms with E-state index in [1.807, 2.05) is 76.4 Å². The SMILES string of the molecule is C=C(/C=C\C=C(/C)Nc1cc(-c2cccc(/C(O)=C\CC)c2)nn2ccnc12)N1CCC(C)(C)CC1.CC. The van der Waals surface area contributed by atoms with Crippen LogP contribution in [0.4, 0.5) is 5.69 Å². The summed E-state index contributed by atoms with van der Waals surface area (Å²) in [7, 11) is 0. The van der Waals surface area contributed by atoms with Crippen LogP contribution in [0.15, 0.2) is 85.0 Å². The van der Waals surface area contributed by atoms with Crippen molar-refractivity contribution >= 4 is 17.1 Å². The van der Waals surface area contributed by atoms with Gasteiger partial charge in [-0.25, -0.2) is 9.50 Å². The lowest BCUT2D eigenvalue weighted by atomic mass is 9.82. The van der Waals surface area contributed by atoms with E-state index in [4.69, 9.17) is 5.10 Å². The fourth-order valence-corrected chi connectivity index (χ4v) is 4.36. The van der Waals surface area contributed by atoms with Gasteiger partial charge in [0, 0.05) is 48.0 Å². The number of likely N-dealkylation sites (tertiary alicyclic amines) is 1. The molecule has 1 aliphatic rings. The van der Waals surface area contributed by atoms with Gasteiger partial charge in [0.05, 0.1) is 11.4 Å². The van der Waals surface area contributed by atoms with E-state index in [1.54, 1.807) is 16.8 Å². The van der Waals surface area contributed by atoms with Crippen LogP contribution in [0.1, 0.15) is 66.4 Å². The smallest absolute Gasteiger partial charge is 0.177 e. The second-order valence-corrected chi connectivity index (χ2v) is 10.2. The van der Waals surface area contributed by atoms with Crippen molar-refractivity contribution in [1.29, 1.82) is 0 Å². The maximum atomic E-state index is 10.3. The molecule has 0 saturated carbocycles. The van der Waals surface area contributed by atoms with Gasteiger partial charge >= 0.3 is 0 Å². The molecule has 4 rings (SSSR count). The van der Waals surface area contributed by atoms with Crippen LogP contribution in [0.3, 0.4) is 0 Å². The van der Waals surface area contributed by atoms with E-state index >= 15 is 0 Å². The topological polar surface area (TPSA) is 65.7 Å². The number of anilines is 1. The van der Waals surface area contributed by atoms with Crippen LogP contribution >= 0.6 is 0 Å². The third kappa shape index (κ3) is 7.37. The summed E-state index contributed by atoms with van der Waals surface area (Å²) in [5.41, 5.74) is 6.56. The van der Waals surface area contributed by atoms with E-state index in [-0.39, 0.29) is 5.76 Å². The fraction of sp³-hybridized carbons (Fsp3) is 0.375. The van der Waals surface area contributed by atoms with Gasteiger partial charge in [0.2, 0.25) is 0 Å². The number of piperidine rings is 1. The molecule has 1 aromatic carbocycles. The number of hydrogen-bond acceptors (Lipinski definition) is 5. The minimum atomic E-state index is 0.279. The second kappa shape index (κ2) is 13.1. The lowest BCUT2D eigenvalue weighted by Crippen LogP contribution is -2.36. The molecule has 2 aromatic heterocycles. The molecule has 0 unspecified atom stereocenters. The molecule has 6 nitrogen and oxygen atoms in total. The fourth-order valence-electron chi connectivity index (χ4n) is 4.36. The maximum absolute atomic E-state index is 10.3. The first-order valence-corrected chi connectivity index (χ1v) is 13.7. The Morgan fingerprint density at radius 3 is 2.63 bits per heavy atom. The van der Waals surface area contributed by atoms with E-state index in [9.17, 15) is 5.11 Å². The summed E-state index contributed by atoms with van der Waals surface area (Å²) in [6.07, 6.45) is 14.7. The molecule has 2 N–H and O–H groups in total. The van der Waals surface area contributed by atoms with E-state index in [1.165, 1.54) is 12.8 Å². The zero-order valence-corrected chi connectivity index (χ0v) is 23.8. The molecule has 3 aromatic rings. The monoisotopic (exact) mass is 513 g/mol. The van der Waals surface area contributed by atoms with Crippen molar-refractivity contribution in [3.63, 3.8) is 0 Å². The largest absolute Gasteiger partial charge is 0.508 e. The third-order valence-corrected chi connectivity index (χ3v) is 6.70. The van der Waals surface area contributed by atoms with Crippen LogP contribution in [-0.4, -0.2) is 37.7 Å². The van der Waals surface area contributed by atoms with E-state index in [0.29, 0.717) is 5.41 Å². The highest BCUT2D eigenvalue weighted by molar-refractivity contribution is 5.76. The molecule has 0 aliphatic carbocycles. The first-order chi connectivity index (χ1) is 18.3. The molecule has 38 heavy (non-hydrogen) atoms. The summed E-state index contributed by atoms with van der Waals surface area (Å²) in [5, 5.41) is 18.5. The zero-order valence-electron chi connectivity index (χ0n) is 23.8. The van der Waals surface area contributed by atoms with Gasteiger partial charge in [-0.2, -0.15) is 5.10 Å². The number of imidazole rings is 1. The number of nitrogens with zero attached hydrogens (tertiary/aromatic N) is 4. The highest BCUT2D eigenvalue weighted by Gasteiger charge is 2.25. The second-order valence-electron chi connectivity index (χ2n) is 10.2. The van der Waals surface area contributed by atoms with Crippen molar-refractivity contribution in [2.24, 2.45) is 5.41 Å². The van der Waals surface area contributed by atoms with Gasteiger partial charge in [-0.05, 0) is 62.0 Å². The predicted molar refractivity (Wildman–Crippen MR) is 161 cm³/mol. The number of aliphatic hydroxyl groups is 1. The van der Waals surface area contributed by atoms with Crippen molar-refractivity contribution in [2.45, 2.75) is 60.8 Å². The van der Waals surface area contributed by atoms with Gasteiger partial charge in [0.25, 0.3) is 0 Å². The molecule has 3 heterocycles. The Morgan fingerprint density at radius 2 is 1.92 bits per heavy atom. The first kappa shape index (κ1) is 28.8. The molecule has 202 valence electrons. The van der Waals surface area contributed by atoms with E-state index in [2.05, 4.69) is 41.7 Å². The molecule has 1 aliphatic heterocycles. The zero-order chi connectivity index (χ0) is 27.7. The summed E-state index contributed by atoms with van der Waals surface area (Å²) in [6.45, 7) is 19.1. The number of fused-ring (bicyclic) bond motifs is 1. The Bertz CT molecular complexity index is 1320. The summed E-state index contributed by atoms with van der Waals surface area (Å²) >= 11 is 0. The van der Waals surface area contributed by atoms with Crippen LogP contribution in [0.5, 0.6) is 0 Å². The number of allylic oxidation sites excluding steroid dienone is 5. The molecule has 0 amide bonds. The van der Waals surface area contributed by atoms with Crippen molar-refractivity contribution in [2.75, 3.05) is 18.4 Å². The Balaban J connectivity index is 0.00000195.